The summed E-state index contributed by atoms with van der Waals surface area (Å²) in [6.07, 6.45) is 5.06. The monoisotopic (exact) mass is 514 g/mol. The number of likely N-dealkylation sites (tertiary alicyclic amines) is 1. The Balaban J connectivity index is 1.32. The van der Waals surface area contributed by atoms with E-state index in [9.17, 15) is 4.79 Å². The number of amides is 1. The predicted molar refractivity (Wildman–Crippen MR) is 145 cm³/mol. The average Bonchev–Trinajstić information content (AvgIpc) is 3.35. The molecule has 1 aliphatic rings. The first-order chi connectivity index (χ1) is 17.9. The van der Waals surface area contributed by atoms with E-state index in [1.165, 1.54) is 0 Å². The Morgan fingerprint density at radius 2 is 2.08 bits per heavy atom. The van der Waals surface area contributed by atoms with Crippen molar-refractivity contribution in [1.29, 1.82) is 0 Å². The number of piperidine rings is 1. The molecule has 1 fully saturated rings. The third kappa shape index (κ3) is 5.09. The lowest BCUT2D eigenvalue weighted by Crippen LogP contribution is -2.50. The van der Waals surface area contributed by atoms with E-state index in [0.717, 1.165) is 40.6 Å². The molecule has 2 atom stereocenters. The first-order valence-electron chi connectivity index (χ1n) is 12.2. The third-order valence-corrected chi connectivity index (χ3v) is 7.16. The molecule has 188 valence electrons. The molecule has 5 rings (SSSR count). The molecule has 37 heavy (non-hydrogen) atoms. The molecule has 8 nitrogen and oxygen atoms in total. The van der Waals surface area contributed by atoms with Gasteiger partial charge in [-0.25, -0.2) is 19.6 Å². The molecule has 0 unspecified atom stereocenters. The lowest BCUT2D eigenvalue weighted by atomic mass is 10.00. The van der Waals surface area contributed by atoms with Crippen LogP contribution in [0.1, 0.15) is 30.9 Å². The topological polar surface area (TPSA) is 87.5 Å². The van der Waals surface area contributed by atoms with Crippen LogP contribution >= 0.6 is 11.6 Å². The number of ether oxygens (including phenoxy) is 1. The summed E-state index contributed by atoms with van der Waals surface area (Å²) in [5.74, 6) is 0.496. The number of aryl methyl sites for hydroxylation is 1. The minimum Gasteiger partial charge on any atom is -0.445 e. The van der Waals surface area contributed by atoms with Gasteiger partial charge in [-0.05, 0) is 37.8 Å². The Kier molecular flexibility index (Phi) is 6.97. The number of nitrogens with one attached hydrogen (secondary N) is 2. The van der Waals surface area contributed by atoms with Gasteiger partial charge in [-0.15, -0.1) is 0 Å². The van der Waals surface area contributed by atoms with Crippen molar-refractivity contribution in [2.75, 3.05) is 11.9 Å². The van der Waals surface area contributed by atoms with Crippen molar-refractivity contribution in [3.05, 3.63) is 82.4 Å². The molecule has 0 bridgehead atoms. The molecule has 2 N–H and O–H groups in total. The van der Waals surface area contributed by atoms with Gasteiger partial charge < -0.3 is 19.9 Å². The molecule has 2 aromatic heterocycles. The molecular weight excluding hydrogens is 488 g/mol. The van der Waals surface area contributed by atoms with Crippen LogP contribution in [0.4, 0.5) is 16.4 Å². The Morgan fingerprint density at radius 1 is 1.27 bits per heavy atom. The molecule has 4 aromatic rings. The Morgan fingerprint density at radius 3 is 2.86 bits per heavy atom. The maximum absolute atomic E-state index is 12.8. The van der Waals surface area contributed by atoms with E-state index < -0.39 is 0 Å². The largest absolute Gasteiger partial charge is 0.445 e. The van der Waals surface area contributed by atoms with Crippen LogP contribution in [-0.4, -0.2) is 44.6 Å². The number of hydrogen-bond acceptors (Lipinski definition) is 5. The molecule has 2 aromatic carbocycles. The number of rotatable bonds is 5. The Hall–Kier alpha value is -4.09. The Bertz CT molecular complexity index is 1480. The number of nitrogens with zero attached hydrogens (tertiary/aromatic N) is 4. The standard InChI is InChI=1S/C28H27ClN6O2/c1-17-13-32-27(34-25(17)22-14-31-26-21(22)11-12-23(30-3)24(26)29)33-20-10-9-18(2)35(15-20)28(36)37-16-19-7-5-4-6-8-19/h4-8,11-14,18,20,31H,9-10,15-16H2,1-2H3,(H,32,33,34)/t18-,20-/m0/s1. The van der Waals surface area contributed by atoms with Gasteiger partial charge in [0.15, 0.2) is 0 Å². The number of anilines is 1. The lowest BCUT2D eigenvalue weighted by molar-refractivity contribution is 0.0695. The summed E-state index contributed by atoms with van der Waals surface area (Å²) in [7, 11) is 0. The smallest absolute Gasteiger partial charge is 0.410 e. The maximum Gasteiger partial charge on any atom is 0.410 e. The van der Waals surface area contributed by atoms with Crippen LogP contribution < -0.4 is 5.32 Å². The molecule has 9 heteroatoms. The summed E-state index contributed by atoms with van der Waals surface area (Å²) < 4.78 is 5.58. The summed E-state index contributed by atoms with van der Waals surface area (Å²) >= 11 is 6.42. The molecule has 0 spiro atoms. The molecule has 1 aliphatic heterocycles. The minimum atomic E-state index is -0.317. The highest BCUT2D eigenvalue weighted by molar-refractivity contribution is 6.38. The van der Waals surface area contributed by atoms with E-state index in [1.54, 1.807) is 17.2 Å². The molecule has 1 saturated heterocycles. The molecular formula is C28H27ClN6O2. The van der Waals surface area contributed by atoms with Crippen molar-refractivity contribution in [3.8, 4) is 11.3 Å². The molecule has 0 aliphatic carbocycles. The average molecular weight is 515 g/mol. The van der Waals surface area contributed by atoms with Crippen LogP contribution in [0.3, 0.4) is 0 Å². The molecule has 3 heterocycles. The van der Waals surface area contributed by atoms with E-state index in [4.69, 9.17) is 27.9 Å². The highest BCUT2D eigenvalue weighted by Gasteiger charge is 2.30. The van der Waals surface area contributed by atoms with Crippen molar-refractivity contribution in [2.24, 2.45) is 0 Å². The van der Waals surface area contributed by atoms with E-state index in [2.05, 4.69) is 20.1 Å². The van der Waals surface area contributed by atoms with E-state index in [0.29, 0.717) is 28.7 Å². The second-order valence-corrected chi connectivity index (χ2v) is 9.70. The van der Waals surface area contributed by atoms with E-state index in [1.807, 2.05) is 56.4 Å². The maximum atomic E-state index is 12.8. The van der Waals surface area contributed by atoms with Crippen LogP contribution in [0.5, 0.6) is 0 Å². The summed E-state index contributed by atoms with van der Waals surface area (Å²) in [5.41, 5.74) is 4.66. The van der Waals surface area contributed by atoms with Gasteiger partial charge in [-0.1, -0.05) is 54.1 Å². The number of aromatic amines is 1. The van der Waals surface area contributed by atoms with Crippen LogP contribution in [0.15, 0.2) is 54.9 Å². The van der Waals surface area contributed by atoms with Crippen molar-refractivity contribution >= 4 is 40.2 Å². The number of hydrogen-bond donors (Lipinski definition) is 2. The second-order valence-electron chi connectivity index (χ2n) is 9.32. The van der Waals surface area contributed by atoms with Crippen molar-refractivity contribution < 1.29 is 9.53 Å². The van der Waals surface area contributed by atoms with Crippen LogP contribution in [0.2, 0.25) is 5.02 Å². The van der Waals surface area contributed by atoms with Crippen molar-refractivity contribution in [2.45, 2.75) is 45.4 Å². The normalized spacial score (nSPS) is 17.4. The van der Waals surface area contributed by atoms with Crippen LogP contribution in [0, 0.1) is 13.5 Å². The van der Waals surface area contributed by atoms with Gasteiger partial charge in [0.1, 0.15) is 6.61 Å². The number of benzene rings is 2. The number of H-pyrrole nitrogens is 1. The second kappa shape index (κ2) is 10.5. The molecule has 0 saturated carbocycles. The fourth-order valence-electron chi connectivity index (χ4n) is 4.68. The van der Waals surface area contributed by atoms with Crippen LogP contribution in [0.25, 0.3) is 27.0 Å². The number of carbonyl (C=O) groups excluding carboxylic acids is 1. The molecule has 1 amide bonds. The quantitative estimate of drug-likeness (QED) is 0.288. The number of halogens is 1. The van der Waals surface area contributed by atoms with Crippen molar-refractivity contribution in [3.63, 3.8) is 0 Å². The fraction of sp³-hybridized carbons (Fsp3) is 0.286. The summed E-state index contributed by atoms with van der Waals surface area (Å²) in [5, 5.41) is 4.71. The van der Waals surface area contributed by atoms with Gasteiger partial charge in [0, 0.05) is 42.0 Å². The van der Waals surface area contributed by atoms with Crippen molar-refractivity contribution in [1.82, 2.24) is 19.9 Å². The Labute approximate surface area is 220 Å². The summed E-state index contributed by atoms with van der Waals surface area (Å²) in [6.45, 7) is 12.0. The first kappa shape index (κ1) is 24.6. The number of aromatic nitrogens is 3. The highest BCUT2D eigenvalue weighted by Crippen LogP contribution is 2.38. The van der Waals surface area contributed by atoms with Gasteiger partial charge in [-0.2, -0.15) is 0 Å². The van der Waals surface area contributed by atoms with Gasteiger partial charge >= 0.3 is 6.09 Å². The SMILES string of the molecule is [C-]#[N+]c1ccc2c(-c3nc(N[C@H]4CC[C@H](C)N(C(=O)OCc5ccccc5)C4)ncc3C)c[nH]c2c1Cl. The zero-order valence-corrected chi connectivity index (χ0v) is 21.4. The zero-order valence-electron chi connectivity index (χ0n) is 20.7. The van der Waals surface area contributed by atoms with Gasteiger partial charge in [0.2, 0.25) is 11.6 Å². The summed E-state index contributed by atoms with van der Waals surface area (Å²) in [6, 6.07) is 13.4. The van der Waals surface area contributed by atoms with Crippen LogP contribution in [-0.2, 0) is 11.3 Å². The molecule has 0 radical (unpaired) electrons. The minimum absolute atomic E-state index is 0.00494. The number of fused-ring (bicyclic) bond motifs is 1. The van der Waals surface area contributed by atoms with E-state index >= 15 is 0 Å². The highest BCUT2D eigenvalue weighted by atomic mass is 35.5. The fourth-order valence-corrected chi connectivity index (χ4v) is 4.94. The first-order valence-corrected chi connectivity index (χ1v) is 12.6. The predicted octanol–water partition coefficient (Wildman–Crippen LogP) is 6.74. The zero-order chi connectivity index (χ0) is 25.9. The van der Waals surface area contributed by atoms with E-state index in [-0.39, 0.29) is 24.8 Å². The third-order valence-electron chi connectivity index (χ3n) is 6.77. The van der Waals surface area contributed by atoms with Gasteiger partial charge in [-0.3, -0.25) is 0 Å². The van der Waals surface area contributed by atoms with Gasteiger partial charge in [0.05, 0.1) is 22.8 Å². The number of carbonyl (C=O) groups is 1. The van der Waals surface area contributed by atoms with Gasteiger partial charge in [0.25, 0.3) is 0 Å². The lowest BCUT2D eigenvalue weighted by Gasteiger charge is -2.37. The summed E-state index contributed by atoms with van der Waals surface area (Å²) in [4.78, 5) is 30.6.